The van der Waals surface area contributed by atoms with Crippen LogP contribution < -0.4 is 10.6 Å². The van der Waals surface area contributed by atoms with Crippen molar-refractivity contribution in [1.82, 2.24) is 15.2 Å². The molecule has 2 amide bonds. The summed E-state index contributed by atoms with van der Waals surface area (Å²) in [6.07, 6.45) is -0.280. The Bertz CT molecular complexity index is 3570. The molecule has 12 nitrogen and oxygen atoms in total. The van der Waals surface area contributed by atoms with Gasteiger partial charge in [0, 0.05) is 38.5 Å². The van der Waals surface area contributed by atoms with Gasteiger partial charge in [0.25, 0.3) is 11.8 Å². The molecule has 0 spiro atoms. The zero-order chi connectivity index (χ0) is 58.2. The SMILES string of the molecule is CC1(C)OCCC(CSC2=C(C(=O)OC(c3ccccc3)c3ccccc3)N3C(=O)C(NC(=O)/C(=N\OC(c4ccccc4)(c4ccccc4)c4ccccc4)c4csc(NC(c5ccccc5)(c5ccccc5)c5ccccc5)n4)C3SC2)O1. The van der Waals surface area contributed by atoms with Gasteiger partial charge in [0.1, 0.15) is 28.3 Å². The van der Waals surface area contributed by atoms with Crippen LogP contribution in [0.2, 0.25) is 0 Å². The number of anilines is 1. The number of amides is 2. The molecule has 9 aromatic rings. The van der Waals surface area contributed by atoms with Crippen molar-refractivity contribution in [2.75, 3.05) is 23.4 Å². The summed E-state index contributed by atoms with van der Waals surface area (Å²) in [5.41, 5.74) is 4.54. The molecule has 1 aromatic heterocycles. The van der Waals surface area contributed by atoms with E-state index in [1.807, 2.05) is 220 Å². The van der Waals surface area contributed by atoms with Crippen LogP contribution >= 0.6 is 34.9 Å². The number of fused-ring (bicyclic) bond motifs is 1. The highest BCUT2D eigenvalue weighted by Gasteiger charge is 2.55. The van der Waals surface area contributed by atoms with E-state index in [2.05, 4.69) is 47.0 Å². The van der Waals surface area contributed by atoms with Gasteiger partial charge in [0.2, 0.25) is 5.60 Å². The molecule has 12 rings (SSSR count). The van der Waals surface area contributed by atoms with E-state index < -0.39 is 52.2 Å². The highest BCUT2D eigenvalue weighted by atomic mass is 32.2. The molecule has 0 saturated carbocycles. The van der Waals surface area contributed by atoms with Gasteiger partial charge in [-0.15, -0.1) is 34.9 Å². The maximum atomic E-state index is 15.6. The zero-order valence-electron chi connectivity index (χ0n) is 46.7. The lowest BCUT2D eigenvalue weighted by Crippen LogP contribution is -2.71. The van der Waals surface area contributed by atoms with Crippen LogP contribution in [0.3, 0.4) is 0 Å². The van der Waals surface area contributed by atoms with Gasteiger partial charge >= 0.3 is 5.97 Å². The van der Waals surface area contributed by atoms with Crippen LogP contribution in [0.15, 0.2) is 264 Å². The number of hydrogen-bond acceptors (Lipinski definition) is 13. The summed E-state index contributed by atoms with van der Waals surface area (Å²) in [4.78, 5) is 60.2. The quantitative estimate of drug-likeness (QED) is 0.0248. The van der Waals surface area contributed by atoms with Gasteiger partial charge in [-0.2, -0.15) is 0 Å². The lowest BCUT2D eigenvalue weighted by molar-refractivity contribution is -0.267. The topological polar surface area (TPSA) is 141 Å². The minimum atomic E-state index is -1.38. The molecule has 85 heavy (non-hydrogen) atoms. The van der Waals surface area contributed by atoms with Crippen LogP contribution in [0.1, 0.15) is 76.6 Å². The Kier molecular flexibility index (Phi) is 17.0. The summed E-state index contributed by atoms with van der Waals surface area (Å²) < 4.78 is 18.7. The van der Waals surface area contributed by atoms with Crippen LogP contribution in [0.4, 0.5) is 5.13 Å². The molecule has 3 aliphatic rings. The van der Waals surface area contributed by atoms with Crippen LogP contribution in [-0.2, 0) is 44.6 Å². The third-order valence-electron chi connectivity index (χ3n) is 15.3. The number of thiazole rings is 1. The van der Waals surface area contributed by atoms with Gasteiger partial charge in [-0.25, -0.2) is 9.78 Å². The molecule has 0 radical (unpaired) electrons. The fourth-order valence-electron chi connectivity index (χ4n) is 11.3. The predicted octanol–water partition coefficient (Wildman–Crippen LogP) is 13.5. The molecule has 3 atom stereocenters. The Morgan fingerprint density at radius 1 is 0.682 bits per heavy atom. The van der Waals surface area contributed by atoms with E-state index in [0.29, 0.717) is 34.6 Å². The van der Waals surface area contributed by atoms with Crippen molar-refractivity contribution in [1.29, 1.82) is 0 Å². The Morgan fingerprint density at radius 2 is 1.14 bits per heavy atom. The molecule has 2 saturated heterocycles. The molecular weight excluding hydrogens is 1120 g/mol. The molecule has 15 heteroatoms. The van der Waals surface area contributed by atoms with Crippen LogP contribution in [0, 0.1) is 0 Å². The standard InChI is InChI=1S/C70H61N5O7S3/c1-68(2)79-44-43-56(81-68)45-83-58-47-84-65-60(64(77)75(65)61(58)66(78)80-62(48-27-11-3-12-28-48)49-29-13-4-14-30-49)72-63(76)59(74-82-70(53-37-21-8-22-38-53,54-39-23-9-24-40-54)55-41-25-10-26-42-55)57-46-85-67(71-57)73-69(50-31-15-5-16-32-50,51-33-17-6-18-34-51)52-35-19-7-20-36-52/h3-42,46,56,60,62,65H,43-45,47H2,1-2H3,(H,71,73)(H,72,76)/b74-59-. The molecule has 8 aromatic carbocycles. The summed E-state index contributed by atoms with van der Waals surface area (Å²) in [5.74, 6) is -1.75. The lowest BCUT2D eigenvalue weighted by atomic mass is 9.77. The molecule has 0 bridgehead atoms. The van der Waals surface area contributed by atoms with Crippen molar-refractivity contribution in [3.8, 4) is 0 Å². The van der Waals surface area contributed by atoms with Crippen molar-refractivity contribution < 1.29 is 33.4 Å². The fourth-order valence-corrected chi connectivity index (χ4v) is 14.7. The van der Waals surface area contributed by atoms with Crippen LogP contribution in [0.5, 0.6) is 0 Å². The fraction of sp³-hybridized carbons (Fsp3) is 0.186. The van der Waals surface area contributed by atoms with Gasteiger partial charge < -0.3 is 29.7 Å². The van der Waals surface area contributed by atoms with Crippen molar-refractivity contribution in [2.24, 2.45) is 5.16 Å². The minimum Gasteiger partial charge on any atom is -0.448 e. The summed E-state index contributed by atoms with van der Waals surface area (Å²) >= 11 is 4.24. The van der Waals surface area contributed by atoms with E-state index >= 15 is 14.4 Å². The van der Waals surface area contributed by atoms with E-state index in [4.69, 9.17) is 29.2 Å². The van der Waals surface area contributed by atoms with E-state index in [0.717, 1.165) is 44.5 Å². The molecule has 3 aliphatic heterocycles. The smallest absolute Gasteiger partial charge is 0.356 e. The number of thioether (sulfide) groups is 2. The third-order valence-corrected chi connectivity index (χ3v) is 18.8. The summed E-state index contributed by atoms with van der Waals surface area (Å²) in [6.45, 7) is 4.31. The van der Waals surface area contributed by atoms with Gasteiger partial charge in [-0.05, 0) is 48.1 Å². The molecule has 4 heterocycles. The van der Waals surface area contributed by atoms with Crippen molar-refractivity contribution >= 4 is 63.5 Å². The second kappa shape index (κ2) is 25.3. The third kappa shape index (κ3) is 11.8. The van der Waals surface area contributed by atoms with E-state index in [1.54, 1.807) is 5.38 Å². The van der Waals surface area contributed by atoms with Crippen molar-refractivity contribution in [2.45, 2.75) is 60.8 Å². The maximum absolute atomic E-state index is 15.6. The van der Waals surface area contributed by atoms with Crippen molar-refractivity contribution in [3.63, 3.8) is 0 Å². The van der Waals surface area contributed by atoms with Gasteiger partial charge in [-0.3, -0.25) is 14.5 Å². The largest absolute Gasteiger partial charge is 0.448 e. The normalized spacial score (nSPS) is 17.8. The first-order chi connectivity index (χ1) is 41.6. The Hall–Kier alpha value is -8.57. The number of nitrogens with zero attached hydrogens (tertiary/aromatic N) is 3. The lowest BCUT2D eigenvalue weighted by Gasteiger charge is -2.49. The summed E-state index contributed by atoms with van der Waals surface area (Å²) in [7, 11) is 0. The Balaban J connectivity index is 0.927. The number of esters is 1. The van der Waals surface area contributed by atoms with Gasteiger partial charge in [0.05, 0.1) is 12.7 Å². The Labute approximate surface area is 507 Å². The number of carbonyl (C=O) groups excluding carboxylic acids is 3. The zero-order valence-corrected chi connectivity index (χ0v) is 49.2. The number of hydrogen-bond donors (Lipinski definition) is 2. The second-order valence-electron chi connectivity index (χ2n) is 21.1. The molecule has 2 N–H and O–H groups in total. The average Bonchev–Trinajstić information content (AvgIpc) is 1.52. The minimum absolute atomic E-state index is 0.136. The second-order valence-corrected chi connectivity index (χ2v) is 24.2. The highest BCUT2D eigenvalue weighted by molar-refractivity contribution is 8.06. The number of aromatic nitrogens is 1. The monoisotopic (exact) mass is 1180 g/mol. The number of rotatable bonds is 20. The summed E-state index contributed by atoms with van der Waals surface area (Å²) in [6, 6.07) is 77.8. The first-order valence-electron chi connectivity index (χ1n) is 28.2. The maximum Gasteiger partial charge on any atom is 0.356 e. The van der Waals surface area contributed by atoms with Crippen molar-refractivity contribution in [3.05, 3.63) is 309 Å². The molecular formula is C70H61N5O7S3. The number of ether oxygens (including phenoxy) is 3. The average molecular weight is 1180 g/mol. The first-order valence-corrected chi connectivity index (χ1v) is 31.1. The van der Waals surface area contributed by atoms with E-state index in [-0.39, 0.29) is 23.2 Å². The predicted molar refractivity (Wildman–Crippen MR) is 337 cm³/mol. The first kappa shape index (κ1) is 56.9. The van der Waals surface area contributed by atoms with Gasteiger partial charge in [-0.1, -0.05) is 248 Å². The van der Waals surface area contributed by atoms with E-state index in [9.17, 15) is 0 Å². The number of β-lactam (4-membered cyclic amide) rings is 1. The molecule has 2 fully saturated rings. The summed E-state index contributed by atoms with van der Waals surface area (Å²) in [5, 5.41) is 13.4. The van der Waals surface area contributed by atoms with Crippen LogP contribution in [0.25, 0.3) is 0 Å². The highest BCUT2D eigenvalue weighted by Crippen LogP contribution is 2.47. The van der Waals surface area contributed by atoms with Crippen LogP contribution in [-0.4, -0.2) is 74.8 Å². The molecule has 0 aliphatic carbocycles. The molecule has 426 valence electrons. The molecule has 3 unspecified atom stereocenters. The number of oxime groups is 1. The number of nitrogens with one attached hydrogen (secondary N) is 2. The number of benzene rings is 8. The number of carbonyl (C=O) groups is 3. The van der Waals surface area contributed by atoms with Gasteiger partial charge in [0.15, 0.2) is 22.7 Å². The van der Waals surface area contributed by atoms with E-state index in [1.165, 1.54) is 39.8 Å². The Morgan fingerprint density at radius 3 is 1.61 bits per heavy atom.